The van der Waals surface area contributed by atoms with Crippen LogP contribution in [0.15, 0.2) is 30.3 Å². The first-order valence-electron chi connectivity index (χ1n) is 7.22. The lowest BCUT2D eigenvalue weighted by Gasteiger charge is -2.34. The Morgan fingerprint density at radius 3 is 2.68 bits per heavy atom. The topological polar surface area (TPSA) is 12.5 Å². The molecule has 19 heavy (non-hydrogen) atoms. The highest BCUT2D eigenvalue weighted by Gasteiger charge is 2.52. The molecule has 0 N–H and O–H groups in total. The van der Waals surface area contributed by atoms with Crippen molar-refractivity contribution < 1.29 is 4.74 Å². The number of nitrogens with zero attached hydrogens (tertiary/aromatic N) is 1. The van der Waals surface area contributed by atoms with Crippen LogP contribution in [0.25, 0.3) is 0 Å². The number of hydrogen-bond acceptors (Lipinski definition) is 2. The van der Waals surface area contributed by atoms with Crippen molar-refractivity contribution in [1.82, 2.24) is 4.90 Å². The number of piperidine rings is 1. The van der Waals surface area contributed by atoms with Gasteiger partial charge in [0.25, 0.3) is 0 Å². The minimum absolute atomic E-state index is 0.322. The monoisotopic (exact) mass is 323 g/mol. The van der Waals surface area contributed by atoms with Gasteiger partial charge in [-0.15, -0.1) is 0 Å². The van der Waals surface area contributed by atoms with Gasteiger partial charge in [-0.3, -0.25) is 4.90 Å². The average molecular weight is 324 g/mol. The van der Waals surface area contributed by atoms with Crippen LogP contribution < -0.4 is 0 Å². The maximum Gasteiger partial charge on any atom is 0.0748 e. The van der Waals surface area contributed by atoms with Crippen molar-refractivity contribution >= 4 is 15.9 Å². The Morgan fingerprint density at radius 2 is 2.05 bits per heavy atom. The molecule has 104 valence electrons. The first-order valence-corrected chi connectivity index (χ1v) is 8.14. The smallest absolute Gasteiger partial charge is 0.0748 e. The number of benzene rings is 1. The molecule has 0 unspecified atom stereocenters. The van der Waals surface area contributed by atoms with E-state index in [1.165, 1.54) is 18.5 Å². The molecule has 1 saturated heterocycles. The van der Waals surface area contributed by atoms with Gasteiger partial charge in [0, 0.05) is 24.0 Å². The van der Waals surface area contributed by atoms with Crippen LogP contribution in [0.3, 0.4) is 0 Å². The first kappa shape index (κ1) is 13.6. The van der Waals surface area contributed by atoms with E-state index in [9.17, 15) is 0 Å². The van der Waals surface area contributed by atoms with Crippen LogP contribution in [0.5, 0.6) is 0 Å². The lowest BCUT2D eigenvalue weighted by Crippen LogP contribution is -2.44. The molecule has 0 spiro atoms. The second-order valence-corrected chi connectivity index (χ2v) is 7.13. The highest BCUT2D eigenvalue weighted by Crippen LogP contribution is 2.44. The van der Waals surface area contributed by atoms with Gasteiger partial charge < -0.3 is 4.74 Å². The molecule has 2 bridgehead atoms. The summed E-state index contributed by atoms with van der Waals surface area (Å²) in [4.78, 5) is 3.19. The standard InChI is InChI=1S/C16H22BrNO/c1-11(2)19-14-8-13-10-18(16(14)15(13)17)9-12-6-4-3-5-7-12/h3-7,11,13-16H,8-10H2,1-2H3/t13-,14+,15+,16-/m0/s1. The molecule has 2 fully saturated rings. The number of likely N-dealkylation sites (tertiary alicyclic amines) is 1. The summed E-state index contributed by atoms with van der Waals surface area (Å²) in [6, 6.07) is 11.3. The Labute approximate surface area is 124 Å². The third-order valence-corrected chi connectivity index (χ3v) is 5.55. The number of hydrogen-bond donors (Lipinski definition) is 0. The first-order chi connectivity index (χ1) is 9.15. The van der Waals surface area contributed by atoms with Gasteiger partial charge in [-0.05, 0) is 31.7 Å². The van der Waals surface area contributed by atoms with Gasteiger partial charge in [-0.1, -0.05) is 46.3 Å². The average Bonchev–Trinajstić information content (AvgIpc) is 2.81. The zero-order valence-electron chi connectivity index (χ0n) is 11.6. The van der Waals surface area contributed by atoms with Gasteiger partial charge in [-0.25, -0.2) is 0 Å². The number of ether oxygens (including phenoxy) is 1. The summed E-state index contributed by atoms with van der Waals surface area (Å²) in [6.45, 7) is 6.52. The van der Waals surface area contributed by atoms with Crippen molar-refractivity contribution in [3.05, 3.63) is 35.9 Å². The zero-order valence-corrected chi connectivity index (χ0v) is 13.2. The SMILES string of the molecule is CC(C)O[C@@H]1C[C@H]2CN(Cc3ccccc3)[C@@H]1[C@@H]2Br. The normalized spacial score (nSPS) is 34.3. The van der Waals surface area contributed by atoms with E-state index >= 15 is 0 Å². The summed E-state index contributed by atoms with van der Waals surface area (Å²) in [5.74, 6) is 0.748. The fourth-order valence-electron chi connectivity index (χ4n) is 3.56. The summed E-state index contributed by atoms with van der Waals surface area (Å²) >= 11 is 3.89. The van der Waals surface area contributed by atoms with Crippen LogP contribution in [0.1, 0.15) is 25.8 Å². The molecule has 3 heteroatoms. The van der Waals surface area contributed by atoms with Crippen LogP contribution in [0, 0.1) is 5.92 Å². The molecule has 0 amide bonds. The molecule has 0 radical (unpaired) electrons. The highest BCUT2D eigenvalue weighted by molar-refractivity contribution is 9.09. The molecule has 0 aromatic heterocycles. The molecular weight excluding hydrogens is 302 g/mol. The second kappa shape index (κ2) is 5.55. The van der Waals surface area contributed by atoms with E-state index < -0.39 is 0 Å². The van der Waals surface area contributed by atoms with E-state index in [4.69, 9.17) is 4.74 Å². The predicted molar refractivity (Wildman–Crippen MR) is 81.5 cm³/mol. The number of rotatable bonds is 4. The van der Waals surface area contributed by atoms with Gasteiger partial charge in [0.05, 0.1) is 12.2 Å². The molecule has 1 aromatic carbocycles. The molecule has 2 nitrogen and oxygen atoms in total. The summed E-state index contributed by atoms with van der Waals surface area (Å²) in [7, 11) is 0. The summed E-state index contributed by atoms with van der Waals surface area (Å²) in [5, 5.41) is 0. The van der Waals surface area contributed by atoms with Crippen molar-refractivity contribution in [1.29, 1.82) is 0 Å². The van der Waals surface area contributed by atoms with Gasteiger partial charge >= 0.3 is 0 Å². The minimum Gasteiger partial charge on any atom is -0.374 e. The molecule has 1 aliphatic carbocycles. The van der Waals surface area contributed by atoms with Crippen molar-refractivity contribution in [3.63, 3.8) is 0 Å². The molecule has 1 saturated carbocycles. The predicted octanol–water partition coefficient (Wildman–Crippen LogP) is 3.45. The van der Waals surface area contributed by atoms with Crippen LogP contribution in [-0.4, -0.2) is 34.5 Å². The van der Waals surface area contributed by atoms with E-state index in [0.29, 0.717) is 23.1 Å². The Balaban J connectivity index is 1.70. The third-order valence-electron chi connectivity index (χ3n) is 4.26. The summed E-state index contributed by atoms with van der Waals surface area (Å²) < 4.78 is 6.11. The van der Waals surface area contributed by atoms with E-state index in [0.717, 1.165) is 12.5 Å². The maximum absolute atomic E-state index is 6.11. The number of halogens is 1. The Kier molecular flexibility index (Phi) is 3.97. The van der Waals surface area contributed by atoms with Crippen LogP contribution in [0.2, 0.25) is 0 Å². The molecule has 1 aromatic rings. The highest BCUT2D eigenvalue weighted by atomic mass is 79.9. The Bertz CT molecular complexity index is 420. The zero-order chi connectivity index (χ0) is 13.4. The lowest BCUT2D eigenvalue weighted by molar-refractivity contribution is -0.0433. The van der Waals surface area contributed by atoms with Gasteiger partial charge in [0.2, 0.25) is 0 Å². The van der Waals surface area contributed by atoms with Crippen molar-refractivity contribution in [2.45, 2.75) is 49.9 Å². The van der Waals surface area contributed by atoms with E-state index in [1.807, 2.05) is 0 Å². The Hall–Kier alpha value is -0.380. The number of alkyl halides is 1. The van der Waals surface area contributed by atoms with E-state index in [-0.39, 0.29) is 0 Å². The molecular formula is C16H22BrNO. The van der Waals surface area contributed by atoms with Crippen molar-refractivity contribution in [2.24, 2.45) is 5.92 Å². The summed E-state index contributed by atoms with van der Waals surface area (Å²) in [5.41, 5.74) is 1.40. The maximum atomic E-state index is 6.11. The van der Waals surface area contributed by atoms with Crippen LogP contribution in [0.4, 0.5) is 0 Å². The van der Waals surface area contributed by atoms with Crippen molar-refractivity contribution in [3.8, 4) is 0 Å². The lowest BCUT2D eigenvalue weighted by atomic mass is 10.1. The van der Waals surface area contributed by atoms with E-state index in [2.05, 4.69) is 65.0 Å². The van der Waals surface area contributed by atoms with Gasteiger partial charge in [0.1, 0.15) is 0 Å². The minimum atomic E-state index is 0.322. The van der Waals surface area contributed by atoms with Crippen LogP contribution in [-0.2, 0) is 11.3 Å². The van der Waals surface area contributed by atoms with Gasteiger partial charge in [0.15, 0.2) is 0 Å². The molecule has 4 atom stereocenters. The molecule has 1 heterocycles. The third kappa shape index (κ3) is 2.74. The van der Waals surface area contributed by atoms with Crippen molar-refractivity contribution in [2.75, 3.05) is 6.54 Å². The molecule has 1 aliphatic heterocycles. The van der Waals surface area contributed by atoms with Crippen LogP contribution >= 0.6 is 15.9 Å². The molecule has 2 aliphatic rings. The largest absolute Gasteiger partial charge is 0.374 e. The number of fused-ring (bicyclic) bond motifs is 2. The fraction of sp³-hybridized carbons (Fsp3) is 0.625. The molecule has 3 rings (SSSR count). The quantitative estimate of drug-likeness (QED) is 0.787. The van der Waals surface area contributed by atoms with E-state index in [1.54, 1.807) is 0 Å². The second-order valence-electron chi connectivity index (χ2n) is 6.07. The fourth-order valence-corrected chi connectivity index (χ4v) is 4.62. The Morgan fingerprint density at radius 1 is 1.32 bits per heavy atom. The summed E-state index contributed by atoms with van der Waals surface area (Å²) in [6.07, 6.45) is 1.93. The van der Waals surface area contributed by atoms with Gasteiger partial charge in [-0.2, -0.15) is 0 Å².